The highest BCUT2D eigenvalue weighted by molar-refractivity contribution is 5.68. The molecule has 1 unspecified atom stereocenters. The predicted octanol–water partition coefficient (Wildman–Crippen LogP) is 2.68. The summed E-state index contributed by atoms with van der Waals surface area (Å²) in [5.41, 5.74) is 1.43. The second-order valence-electron chi connectivity index (χ2n) is 4.92. The van der Waals surface area contributed by atoms with Crippen molar-refractivity contribution in [1.82, 2.24) is 0 Å². The van der Waals surface area contributed by atoms with E-state index < -0.39 is 5.97 Å². The number of carboxylic acid groups (broad SMARTS) is 1. The van der Waals surface area contributed by atoms with Crippen molar-refractivity contribution in [3.8, 4) is 11.5 Å². The Hall–Kier alpha value is -1.71. The van der Waals surface area contributed by atoms with E-state index in [1.54, 1.807) is 26.2 Å². The number of benzene rings is 1. The number of rotatable bonds is 5. The Bertz CT molecular complexity index is 463. The third kappa shape index (κ3) is 2.58. The van der Waals surface area contributed by atoms with E-state index >= 15 is 0 Å². The van der Waals surface area contributed by atoms with Crippen molar-refractivity contribution in [3.63, 3.8) is 0 Å². The average molecular weight is 250 g/mol. The molecule has 1 aromatic carbocycles. The Morgan fingerprint density at radius 2 is 2.17 bits per heavy atom. The van der Waals surface area contributed by atoms with Crippen LogP contribution in [0, 0.1) is 12.8 Å². The van der Waals surface area contributed by atoms with Crippen molar-refractivity contribution in [3.05, 3.63) is 23.3 Å². The van der Waals surface area contributed by atoms with Crippen LogP contribution in [0.15, 0.2) is 12.1 Å². The Balaban J connectivity index is 2.39. The van der Waals surface area contributed by atoms with Crippen LogP contribution in [0.2, 0.25) is 0 Å². The fraction of sp³-hybridized carbons (Fsp3) is 0.500. The second-order valence-corrected chi connectivity index (χ2v) is 4.92. The van der Waals surface area contributed by atoms with E-state index in [2.05, 4.69) is 0 Å². The van der Waals surface area contributed by atoms with Gasteiger partial charge in [-0.1, -0.05) is 0 Å². The summed E-state index contributed by atoms with van der Waals surface area (Å²) in [7, 11) is 1.57. The largest absolute Gasteiger partial charge is 0.507 e. The van der Waals surface area contributed by atoms with Crippen LogP contribution in [0.4, 0.5) is 0 Å². The van der Waals surface area contributed by atoms with Gasteiger partial charge in [0.05, 0.1) is 13.5 Å². The summed E-state index contributed by atoms with van der Waals surface area (Å²) in [6, 6.07) is 3.51. The normalized spacial score (nSPS) is 16.3. The molecule has 0 radical (unpaired) electrons. The van der Waals surface area contributed by atoms with E-state index in [9.17, 15) is 9.90 Å². The maximum absolute atomic E-state index is 11.0. The van der Waals surface area contributed by atoms with Crippen molar-refractivity contribution in [2.45, 2.75) is 32.1 Å². The zero-order valence-electron chi connectivity index (χ0n) is 10.6. The number of carbonyl (C=O) groups is 1. The molecule has 0 aromatic heterocycles. The summed E-state index contributed by atoms with van der Waals surface area (Å²) in [5.74, 6) is 0.298. The number of carboxylic acids is 1. The molecule has 18 heavy (non-hydrogen) atoms. The van der Waals surface area contributed by atoms with Gasteiger partial charge in [0, 0.05) is 11.5 Å². The topological polar surface area (TPSA) is 66.8 Å². The summed E-state index contributed by atoms with van der Waals surface area (Å²) in [4.78, 5) is 11.0. The van der Waals surface area contributed by atoms with Crippen molar-refractivity contribution in [2.24, 2.45) is 5.92 Å². The van der Waals surface area contributed by atoms with Gasteiger partial charge in [-0.3, -0.25) is 4.79 Å². The highest BCUT2D eigenvalue weighted by Gasteiger charge is 2.35. The lowest BCUT2D eigenvalue weighted by molar-refractivity contribution is -0.137. The number of phenols is 1. The van der Waals surface area contributed by atoms with Crippen LogP contribution in [-0.4, -0.2) is 23.3 Å². The van der Waals surface area contributed by atoms with E-state index in [1.165, 1.54) is 0 Å². The Kier molecular flexibility index (Phi) is 3.45. The zero-order chi connectivity index (χ0) is 13.3. The molecule has 1 aliphatic carbocycles. The second kappa shape index (κ2) is 4.88. The summed E-state index contributed by atoms with van der Waals surface area (Å²) < 4.78 is 5.19. The fourth-order valence-corrected chi connectivity index (χ4v) is 2.39. The highest BCUT2D eigenvalue weighted by Crippen LogP contribution is 2.48. The van der Waals surface area contributed by atoms with Crippen LogP contribution < -0.4 is 4.74 Å². The molecule has 1 aromatic rings. The van der Waals surface area contributed by atoms with Gasteiger partial charge >= 0.3 is 5.97 Å². The molecule has 2 N–H and O–H groups in total. The first kappa shape index (κ1) is 12.7. The summed E-state index contributed by atoms with van der Waals surface area (Å²) in [6.45, 7) is 1.80. The zero-order valence-corrected chi connectivity index (χ0v) is 10.6. The summed E-state index contributed by atoms with van der Waals surface area (Å²) in [5, 5.41) is 19.1. The van der Waals surface area contributed by atoms with Gasteiger partial charge in [-0.15, -0.1) is 0 Å². The molecule has 4 nitrogen and oxygen atoms in total. The Morgan fingerprint density at radius 3 is 2.67 bits per heavy atom. The number of hydrogen-bond acceptors (Lipinski definition) is 3. The Morgan fingerprint density at radius 1 is 1.50 bits per heavy atom. The highest BCUT2D eigenvalue weighted by atomic mass is 16.5. The van der Waals surface area contributed by atoms with E-state index in [-0.39, 0.29) is 18.1 Å². The number of aryl methyl sites for hydroxylation is 1. The van der Waals surface area contributed by atoms with Crippen LogP contribution >= 0.6 is 0 Å². The predicted molar refractivity (Wildman–Crippen MR) is 67.1 cm³/mol. The lowest BCUT2D eigenvalue weighted by atomic mass is 9.89. The lowest BCUT2D eigenvalue weighted by Crippen LogP contribution is -2.09. The molecule has 1 fully saturated rings. The number of methoxy groups -OCH3 is 1. The molecule has 0 amide bonds. The molecule has 1 atom stereocenters. The van der Waals surface area contributed by atoms with Crippen molar-refractivity contribution in [2.75, 3.05) is 7.11 Å². The minimum Gasteiger partial charge on any atom is -0.507 e. The van der Waals surface area contributed by atoms with Gasteiger partial charge in [-0.05, 0) is 43.4 Å². The van der Waals surface area contributed by atoms with E-state index in [4.69, 9.17) is 9.84 Å². The average Bonchev–Trinajstić information content (AvgIpc) is 3.13. The molecule has 4 heteroatoms. The molecule has 1 saturated carbocycles. The van der Waals surface area contributed by atoms with Crippen LogP contribution in [0.3, 0.4) is 0 Å². The van der Waals surface area contributed by atoms with Crippen LogP contribution in [0.25, 0.3) is 0 Å². The third-order valence-electron chi connectivity index (χ3n) is 3.52. The van der Waals surface area contributed by atoms with Crippen LogP contribution in [-0.2, 0) is 4.79 Å². The van der Waals surface area contributed by atoms with Crippen molar-refractivity contribution >= 4 is 5.97 Å². The molecular weight excluding hydrogens is 232 g/mol. The summed E-state index contributed by atoms with van der Waals surface area (Å²) >= 11 is 0. The number of aromatic hydroxyl groups is 1. The molecular formula is C14H18O4. The molecule has 98 valence electrons. The Labute approximate surface area is 106 Å². The first-order chi connectivity index (χ1) is 8.52. The molecule has 0 bridgehead atoms. The maximum Gasteiger partial charge on any atom is 0.303 e. The number of aliphatic carboxylic acids is 1. The van der Waals surface area contributed by atoms with E-state index in [0.717, 1.165) is 18.4 Å². The van der Waals surface area contributed by atoms with Gasteiger partial charge in [-0.25, -0.2) is 0 Å². The lowest BCUT2D eigenvalue weighted by Gasteiger charge is -2.18. The fourth-order valence-electron chi connectivity index (χ4n) is 2.39. The van der Waals surface area contributed by atoms with Gasteiger partial charge in [0.15, 0.2) is 0 Å². The molecule has 2 rings (SSSR count). The number of ether oxygens (including phenoxy) is 1. The first-order valence-electron chi connectivity index (χ1n) is 6.12. The van der Waals surface area contributed by atoms with Crippen LogP contribution in [0.5, 0.6) is 11.5 Å². The van der Waals surface area contributed by atoms with E-state index in [1.807, 2.05) is 0 Å². The van der Waals surface area contributed by atoms with E-state index in [0.29, 0.717) is 17.2 Å². The molecule has 0 saturated heterocycles. The summed E-state index contributed by atoms with van der Waals surface area (Å²) in [6.07, 6.45) is 2.13. The van der Waals surface area contributed by atoms with Gasteiger partial charge < -0.3 is 14.9 Å². The monoisotopic (exact) mass is 250 g/mol. The minimum absolute atomic E-state index is 0.0604. The smallest absolute Gasteiger partial charge is 0.303 e. The van der Waals surface area contributed by atoms with Gasteiger partial charge in [0.25, 0.3) is 0 Å². The number of hydrogen-bond donors (Lipinski definition) is 2. The minimum atomic E-state index is -0.827. The standard InChI is InChI=1S/C14H18O4/c1-8-5-10(18-2)6-12(14(8)17)11(7-13(15)16)9-3-4-9/h5-6,9,11,17H,3-4,7H2,1-2H3,(H,15,16). The van der Waals surface area contributed by atoms with Gasteiger partial charge in [0.2, 0.25) is 0 Å². The maximum atomic E-state index is 11.0. The van der Waals surface area contributed by atoms with Crippen molar-refractivity contribution < 1.29 is 19.7 Å². The van der Waals surface area contributed by atoms with Gasteiger partial charge in [-0.2, -0.15) is 0 Å². The third-order valence-corrected chi connectivity index (χ3v) is 3.52. The molecule has 0 spiro atoms. The van der Waals surface area contributed by atoms with Gasteiger partial charge in [0.1, 0.15) is 11.5 Å². The SMILES string of the molecule is COc1cc(C)c(O)c(C(CC(=O)O)C2CC2)c1. The van der Waals surface area contributed by atoms with Crippen molar-refractivity contribution in [1.29, 1.82) is 0 Å². The quantitative estimate of drug-likeness (QED) is 0.843. The molecule has 1 aliphatic rings. The molecule has 0 heterocycles. The molecule has 0 aliphatic heterocycles. The van der Waals surface area contributed by atoms with Crippen LogP contribution in [0.1, 0.15) is 36.3 Å². The first-order valence-corrected chi connectivity index (χ1v) is 6.12. The number of phenolic OH excluding ortho intramolecular Hbond substituents is 1.